The van der Waals surface area contributed by atoms with Gasteiger partial charge in [-0.3, -0.25) is 0 Å². The minimum atomic E-state index is -0.301. The highest BCUT2D eigenvalue weighted by atomic mass is 16.3. The van der Waals surface area contributed by atoms with Crippen molar-refractivity contribution in [1.82, 2.24) is 9.97 Å². The summed E-state index contributed by atoms with van der Waals surface area (Å²) < 4.78 is 0. The molecule has 0 spiro atoms. The number of rotatable bonds is 7. The van der Waals surface area contributed by atoms with Crippen LogP contribution >= 0.6 is 0 Å². The highest BCUT2D eigenvalue weighted by Gasteiger charge is 2.35. The van der Waals surface area contributed by atoms with Crippen LogP contribution in [0.2, 0.25) is 0 Å². The zero-order valence-corrected chi connectivity index (χ0v) is 17.0. The minimum Gasteiger partial charge on any atom is -0.393 e. The molecule has 4 N–H and O–H groups in total. The van der Waals surface area contributed by atoms with E-state index in [9.17, 15) is 10.4 Å². The van der Waals surface area contributed by atoms with Crippen LogP contribution in [0.1, 0.15) is 49.8 Å². The third-order valence-electron chi connectivity index (χ3n) is 5.62. The molecule has 1 aromatic carbocycles. The quantitative estimate of drug-likeness (QED) is 0.570. The second kappa shape index (κ2) is 9.21. The van der Waals surface area contributed by atoms with E-state index in [2.05, 4.69) is 40.5 Å². The van der Waals surface area contributed by atoms with Gasteiger partial charge in [0.1, 0.15) is 17.5 Å². The fourth-order valence-electron chi connectivity index (χ4n) is 3.73. The molecule has 1 aliphatic carbocycles. The molecule has 154 valence electrons. The van der Waals surface area contributed by atoms with Crippen LogP contribution in [0.15, 0.2) is 30.5 Å². The van der Waals surface area contributed by atoms with E-state index in [0.29, 0.717) is 23.9 Å². The third-order valence-corrected chi connectivity index (χ3v) is 5.62. The third kappa shape index (κ3) is 5.43. The number of nitriles is 1. The number of benzene rings is 1. The number of aliphatic hydroxyl groups is 2. The number of anilines is 2. The predicted molar refractivity (Wildman–Crippen MR) is 112 cm³/mol. The molecule has 1 aliphatic rings. The summed E-state index contributed by atoms with van der Waals surface area (Å²) in [4.78, 5) is 8.76. The molecular weight excluding hydrogens is 366 g/mol. The first-order valence-corrected chi connectivity index (χ1v) is 10.1. The molecule has 2 atom stereocenters. The van der Waals surface area contributed by atoms with Crippen molar-refractivity contribution in [3.63, 3.8) is 0 Å². The number of aliphatic hydroxyl groups excluding tert-OH is 2. The summed E-state index contributed by atoms with van der Waals surface area (Å²) in [5.74, 6) is 1.02. The zero-order chi connectivity index (χ0) is 20.9. The average molecular weight is 396 g/mol. The van der Waals surface area contributed by atoms with E-state index in [0.717, 1.165) is 36.8 Å². The van der Waals surface area contributed by atoms with Gasteiger partial charge in [0.15, 0.2) is 0 Å². The number of hydrogen-bond acceptors (Lipinski definition) is 7. The Kier molecular flexibility index (Phi) is 6.68. The van der Waals surface area contributed by atoms with Gasteiger partial charge in [0.2, 0.25) is 5.95 Å². The second-order valence-corrected chi connectivity index (χ2v) is 8.35. The van der Waals surface area contributed by atoms with Crippen LogP contribution in [-0.2, 0) is 13.0 Å². The molecule has 0 aliphatic heterocycles. The molecule has 1 fully saturated rings. The largest absolute Gasteiger partial charge is 0.393 e. The maximum atomic E-state index is 10.2. The van der Waals surface area contributed by atoms with Gasteiger partial charge >= 0.3 is 0 Å². The molecule has 0 bridgehead atoms. The first kappa shape index (κ1) is 21.0. The lowest BCUT2D eigenvalue weighted by atomic mass is 9.73. The van der Waals surface area contributed by atoms with Crippen molar-refractivity contribution in [2.24, 2.45) is 5.41 Å². The zero-order valence-electron chi connectivity index (χ0n) is 17.0. The van der Waals surface area contributed by atoms with Crippen LogP contribution in [0.3, 0.4) is 0 Å². The Hall–Kier alpha value is -2.69. The molecule has 0 radical (unpaired) electrons. The molecule has 0 amide bonds. The number of nitrogens with zero attached hydrogens (tertiary/aromatic N) is 3. The predicted octanol–water partition coefficient (Wildman–Crippen LogP) is 2.85. The molecule has 1 aromatic heterocycles. The SMILES string of the molecule is CC1(C)C[C@H](Nc2nc(NCCc3ccc(CO)cc3)ncc2C#N)CC[C@@H]1O. The Morgan fingerprint density at radius 3 is 2.59 bits per heavy atom. The van der Waals surface area contributed by atoms with Crippen molar-refractivity contribution < 1.29 is 10.2 Å². The molecular formula is C22H29N5O2. The van der Waals surface area contributed by atoms with Gasteiger partial charge < -0.3 is 20.8 Å². The molecule has 29 heavy (non-hydrogen) atoms. The summed E-state index contributed by atoms with van der Waals surface area (Å²) in [5, 5.41) is 35.3. The summed E-state index contributed by atoms with van der Waals surface area (Å²) in [6.45, 7) is 4.84. The Morgan fingerprint density at radius 2 is 1.93 bits per heavy atom. The maximum Gasteiger partial charge on any atom is 0.224 e. The van der Waals surface area contributed by atoms with Crippen LogP contribution in [0.4, 0.5) is 11.8 Å². The van der Waals surface area contributed by atoms with E-state index in [1.807, 2.05) is 24.3 Å². The second-order valence-electron chi connectivity index (χ2n) is 8.35. The summed E-state index contributed by atoms with van der Waals surface area (Å²) in [6.07, 6.45) is 4.42. The van der Waals surface area contributed by atoms with Crippen molar-refractivity contribution in [2.75, 3.05) is 17.2 Å². The van der Waals surface area contributed by atoms with E-state index in [4.69, 9.17) is 5.11 Å². The Balaban J connectivity index is 1.61. The number of nitrogens with one attached hydrogen (secondary N) is 2. The van der Waals surface area contributed by atoms with Gasteiger partial charge in [0.25, 0.3) is 0 Å². The normalized spacial score (nSPS) is 20.7. The van der Waals surface area contributed by atoms with E-state index in [1.54, 1.807) is 0 Å². The average Bonchev–Trinajstić information content (AvgIpc) is 2.71. The first-order valence-electron chi connectivity index (χ1n) is 10.1. The highest BCUT2D eigenvalue weighted by molar-refractivity contribution is 5.54. The first-order chi connectivity index (χ1) is 13.9. The number of aromatic nitrogens is 2. The molecule has 7 nitrogen and oxygen atoms in total. The van der Waals surface area contributed by atoms with Gasteiger partial charge in [-0.15, -0.1) is 0 Å². The van der Waals surface area contributed by atoms with Crippen molar-refractivity contribution in [3.8, 4) is 6.07 Å². The van der Waals surface area contributed by atoms with Gasteiger partial charge in [0.05, 0.1) is 18.9 Å². The van der Waals surface area contributed by atoms with Gasteiger partial charge in [-0.1, -0.05) is 38.1 Å². The van der Waals surface area contributed by atoms with Crippen LogP contribution in [0, 0.1) is 16.7 Å². The molecule has 1 saturated carbocycles. The lowest BCUT2D eigenvalue weighted by Gasteiger charge is -2.40. The van der Waals surface area contributed by atoms with E-state index in [1.165, 1.54) is 6.20 Å². The monoisotopic (exact) mass is 395 g/mol. The molecule has 2 aromatic rings. The van der Waals surface area contributed by atoms with Gasteiger partial charge in [-0.25, -0.2) is 4.98 Å². The van der Waals surface area contributed by atoms with E-state index >= 15 is 0 Å². The van der Waals surface area contributed by atoms with Gasteiger partial charge in [-0.05, 0) is 42.2 Å². The lowest BCUT2D eigenvalue weighted by molar-refractivity contribution is 0.00926. The van der Waals surface area contributed by atoms with Crippen molar-refractivity contribution in [3.05, 3.63) is 47.2 Å². The van der Waals surface area contributed by atoms with Crippen LogP contribution in [0.25, 0.3) is 0 Å². The van der Waals surface area contributed by atoms with E-state index in [-0.39, 0.29) is 24.2 Å². The summed E-state index contributed by atoms with van der Waals surface area (Å²) in [7, 11) is 0. The van der Waals surface area contributed by atoms with Crippen LogP contribution in [0.5, 0.6) is 0 Å². The molecule has 1 heterocycles. The highest BCUT2D eigenvalue weighted by Crippen LogP contribution is 2.36. The minimum absolute atomic E-state index is 0.0462. The molecule has 0 saturated heterocycles. The van der Waals surface area contributed by atoms with Crippen LogP contribution < -0.4 is 10.6 Å². The molecule has 0 unspecified atom stereocenters. The van der Waals surface area contributed by atoms with Crippen molar-refractivity contribution >= 4 is 11.8 Å². The summed E-state index contributed by atoms with van der Waals surface area (Å²) in [6, 6.07) is 10.1. The van der Waals surface area contributed by atoms with Gasteiger partial charge in [0, 0.05) is 12.6 Å². The van der Waals surface area contributed by atoms with Crippen molar-refractivity contribution in [1.29, 1.82) is 5.26 Å². The van der Waals surface area contributed by atoms with Crippen LogP contribution in [-0.4, -0.2) is 38.9 Å². The smallest absolute Gasteiger partial charge is 0.224 e. The molecule has 3 rings (SSSR count). The standard InChI is InChI=1S/C22H29N5O2/c1-22(2)11-18(7-8-19(22)29)26-20-17(12-23)13-25-21(27-20)24-10-9-15-3-5-16(14-28)6-4-15/h3-6,13,18-19,28-29H,7-11,14H2,1-2H3,(H2,24,25,26,27)/t18-,19+/m1/s1. The Morgan fingerprint density at radius 1 is 1.21 bits per heavy atom. The summed E-state index contributed by atoms with van der Waals surface area (Å²) in [5.41, 5.74) is 2.30. The Bertz CT molecular complexity index is 860. The fourth-order valence-corrected chi connectivity index (χ4v) is 3.73. The Labute approximate surface area is 171 Å². The maximum absolute atomic E-state index is 10.2. The van der Waals surface area contributed by atoms with Gasteiger partial charge in [-0.2, -0.15) is 10.2 Å². The number of hydrogen-bond donors (Lipinski definition) is 4. The fraction of sp³-hybridized carbons (Fsp3) is 0.500. The molecule has 7 heteroatoms. The lowest BCUT2D eigenvalue weighted by Crippen LogP contribution is -2.41. The van der Waals surface area contributed by atoms with E-state index < -0.39 is 0 Å². The van der Waals surface area contributed by atoms with Crippen molar-refractivity contribution in [2.45, 2.75) is 58.3 Å². The summed E-state index contributed by atoms with van der Waals surface area (Å²) >= 11 is 0. The topological polar surface area (TPSA) is 114 Å².